The van der Waals surface area contributed by atoms with E-state index in [9.17, 15) is 9.18 Å². The van der Waals surface area contributed by atoms with E-state index in [1.807, 2.05) is 0 Å². The van der Waals surface area contributed by atoms with E-state index in [2.05, 4.69) is 27.6 Å². The molecule has 0 radical (unpaired) electrons. The summed E-state index contributed by atoms with van der Waals surface area (Å²) in [4.78, 5) is 15.4. The fraction of sp³-hybridized carbons (Fsp3) is 0.667. The molecule has 0 amide bonds. The molecule has 0 bridgehead atoms. The summed E-state index contributed by atoms with van der Waals surface area (Å²) >= 11 is 2.17. The molecule has 4 atom stereocenters. The quantitative estimate of drug-likeness (QED) is 0.573. The normalized spacial score (nSPS) is 34.1. The summed E-state index contributed by atoms with van der Waals surface area (Å²) < 4.78 is 32.8. The molecule has 2 aliphatic heterocycles. The highest BCUT2D eigenvalue weighted by Gasteiger charge is 2.55. The number of nitrogen functional groups attached to an aromatic ring is 1. The molecule has 0 aliphatic carbocycles. The number of hydrogen-bond donors (Lipinski definition) is 1. The summed E-state index contributed by atoms with van der Waals surface area (Å²) in [7, 11) is 0. The molecule has 0 saturated carbocycles. The first-order chi connectivity index (χ1) is 9.82. The zero-order valence-corrected chi connectivity index (χ0v) is 13.6. The van der Waals surface area contributed by atoms with Gasteiger partial charge >= 0.3 is 5.69 Å². The number of ether oxygens (including phenoxy) is 3. The van der Waals surface area contributed by atoms with Crippen LogP contribution in [-0.4, -0.2) is 38.1 Å². The second kappa shape index (κ2) is 5.14. The average molecular weight is 411 g/mol. The van der Waals surface area contributed by atoms with E-state index in [0.717, 1.165) is 10.8 Å². The zero-order chi connectivity index (χ0) is 15.4. The molecule has 2 N–H and O–H groups in total. The highest BCUT2D eigenvalue weighted by atomic mass is 127. The molecule has 2 aliphatic rings. The number of nitrogens with two attached hydrogens (primary N) is 1. The van der Waals surface area contributed by atoms with Gasteiger partial charge < -0.3 is 19.9 Å². The molecule has 2 saturated heterocycles. The van der Waals surface area contributed by atoms with Gasteiger partial charge in [0.15, 0.2) is 23.7 Å². The van der Waals surface area contributed by atoms with Crippen molar-refractivity contribution in [3.05, 3.63) is 22.5 Å². The minimum atomic E-state index is -0.786. The van der Waals surface area contributed by atoms with Crippen molar-refractivity contribution in [2.75, 3.05) is 10.2 Å². The van der Waals surface area contributed by atoms with Crippen LogP contribution in [0.4, 0.5) is 10.2 Å². The fourth-order valence-corrected chi connectivity index (χ4v) is 3.36. The maximum atomic E-state index is 13.6. The number of halogens is 2. The molecule has 1 aromatic heterocycles. The van der Waals surface area contributed by atoms with Gasteiger partial charge in [0, 0.05) is 4.43 Å². The topological polar surface area (TPSA) is 88.6 Å². The Hall–Kier alpha value is -0.780. The van der Waals surface area contributed by atoms with E-state index in [-0.39, 0.29) is 12.2 Å². The first-order valence-corrected chi connectivity index (χ1v) is 7.96. The predicted octanol–water partition coefficient (Wildman–Crippen LogP) is 0.817. The summed E-state index contributed by atoms with van der Waals surface area (Å²) in [6.07, 6.45) is -0.838. The van der Waals surface area contributed by atoms with Crippen molar-refractivity contribution in [2.24, 2.45) is 0 Å². The van der Waals surface area contributed by atoms with Crippen LogP contribution >= 0.6 is 22.6 Å². The first-order valence-electron chi connectivity index (χ1n) is 6.43. The van der Waals surface area contributed by atoms with Gasteiger partial charge in [-0.1, -0.05) is 22.6 Å². The molecule has 0 aromatic carbocycles. The van der Waals surface area contributed by atoms with Crippen molar-refractivity contribution < 1.29 is 18.6 Å². The van der Waals surface area contributed by atoms with E-state index >= 15 is 0 Å². The monoisotopic (exact) mass is 411 g/mol. The van der Waals surface area contributed by atoms with Crippen LogP contribution in [0.3, 0.4) is 0 Å². The predicted molar refractivity (Wildman–Crippen MR) is 79.5 cm³/mol. The van der Waals surface area contributed by atoms with Crippen molar-refractivity contribution >= 4 is 28.4 Å². The van der Waals surface area contributed by atoms with Crippen molar-refractivity contribution in [3.63, 3.8) is 0 Å². The van der Waals surface area contributed by atoms with Crippen LogP contribution in [0.15, 0.2) is 11.0 Å². The highest BCUT2D eigenvalue weighted by Crippen LogP contribution is 2.43. The van der Waals surface area contributed by atoms with E-state index in [0.29, 0.717) is 4.43 Å². The number of alkyl halides is 1. The van der Waals surface area contributed by atoms with Gasteiger partial charge in [-0.05, 0) is 13.8 Å². The lowest BCUT2D eigenvalue weighted by Gasteiger charge is -2.24. The van der Waals surface area contributed by atoms with Gasteiger partial charge in [-0.15, -0.1) is 0 Å². The third kappa shape index (κ3) is 2.56. The van der Waals surface area contributed by atoms with Crippen molar-refractivity contribution in [3.8, 4) is 0 Å². The molecule has 3 heterocycles. The Morgan fingerprint density at radius 2 is 2.14 bits per heavy atom. The second-order valence-corrected chi connectivity index (χ2v) is 6.33. The summed E-state index contributed by atoms with van der Waals surface area (Å²) in [5.41, 5.74) is 4.61. The van der Waals surface area contributed by atoms with Crippen LogP contribution in [-0.2, 0) is 14.2 Å². The Bertz CT molecular complexity index is 623. The lowest BCUT2D eigenvalue weighted by molar-refractivity contribution is -0.194. The lowest BCUT2D eigenvalue weighted by Crippen LogP contribution is -2.35. The third-order valence-corrected chi connectivity index (χ3v) is 4.35. The Morgan fingerprint density at radius 3 is 2.81 bits per heavy atom. The van der Waals surface area contributed by atoms with Gasteiger partial charge in [0.2, 0.25) is 0 Å². The average Bonchev–Trinajstić information content (AvgIpc) is 2.87. The van der Waals surface area contributed by atoms with E-state index in [4.69, 9.17) is 19.9 Å². The summed E-state index contributed by atoms with van der Waals surface area (Å²) in [5, 5.41) is 0. The molecule has 9 heteroatoms. The molecule has 0 unspecified atom stereocenters. The number of rotatable bonds is 2. The minimum Gasteiger partial charge on any atom is -0.381 e. The molecular weight excluding hydrogens is 396 g/mol. The molecule has 2 fully saturated rings. The van der Waals surface area contributed by atoms with Crippen LogP contribution < -0.4 is 11.4 Å². The third-order valence-electron chi connectivity index (χ3n) is 3.49. The van der Waals surface area contributed by atoms with Crippen molar-refractivity contribution in [1.82, 2.24) is 9.55 Å². The number of anilines is 1. The molecular formula is C12H15FIN3O4. The molecule has 1 aromatic rings. The maximum Gasteiger partial charge on any atom is 0.351 e. The van der Waals surface area contributed by atoms with Gasteiger partial charge in [0.1, 0.15) is 12.2 Å². The van der Waals surface area contributed by atoms with Crippen LogP contribution in [0, 0.1) is 5.82 Å². The Kier molecular flexibility index (Phi) is 3.71. The standard InChI is InChI=1S/C12H15FIN3O4/c1-12(2)20-7-6(3-14)19-10(8(7)21-12)17-4-5(13)9(15)16-11(17)18/h4,6-8,10H,3H2,1-2H3,(H2,15,16,18)/t6-,7-,8-,10-/m1/s1. The smallest absolute Gasteiger partial charge is 0.351 e. The SMILES string of the molecule is CC1(C)O[C@@H]2[C@H](O1)[C@@H](CI)O[C@H]2n1cc(F)c(N)nc1=O. The number of aromatic nitrogens is 2. The van der Waals surface area contributed by atoms with Gasteiger partial charge in [-0.25, -0.2) is 9.18 Å². The number of nitrogens with zero attached hydrogens (tertiary/aromatic N) is 2. The van der Waals surface area contributed by atoms with Crippen LogP contribution in [0.2, 0.25) is 0 Å². The Morgan fingerprint density at radius 1 is 1.48 bits per heavy atom. The molecule has 116 valence electrons. The summed E-state index contributed by atoms with van der Waals surface area (Å²) in [5.74, 6) is -1.98. The van der Waals surface area contributed by atoms with Crippen LogP contribution in [0.25, 0.3) is 0 Å². The molecule has 7 nitrogen and oxygen atoms in total. The fourth-order valence-electron chi connectivity index (χ4n) is 2.65. The lowest BCUT2D eigenvalue weighted by atomic mass is 10.1. The molecule has 21 heavy (non-hydrogen) atoms. The molecule has 0 spiro atoms. The minimum absolute atomic E-state index is 0.241. The summed E-state index contributed by atoms with van der Waals surface area (Å²) in [6.45, 7) is 3.58. The van der Waals surface area contributed by atoms with E-state index in [1.165, 1.54) is 0 Å². The second-order valence-electron chi connectivity index (χ2n) is 5.45. The van der Waals surface area contributed by atoms with Crippen molar-refractivity contribution in [2.45, 2.75) is 44.2 Å². The van der Waals surface area contributed by atoms with E-state index in [1.54, 1.807) is 13.8 Å². The highest BCUT2D eigenvalue weighted by molar-refractivity contribution is 14.1. The first kappa shape index (κ1) is 15.1. The number of hydrogen-bond acceptors (Lipinski definition) is 6. The maximum absolute atomic E-state index is 13.6. The molecule has 3 rings (SSSR count). The number of fused-ring (bicyclic) bond motifs is 1. The van der Waals surface area contributed by atoms with Gasteiger partial charge in [-0.2, -0.15) is 4.98 Å². The van der Waals surface area contributed by atoms with Crippen molar-refractivity contribution in [1.29, 1.82) is 0 Å². The summed E-state index contributed by atoms with van der Waals surface area (Å²) in [6, 6.07) is 0. The van der Waals surface area contributed by atoms with Gasteiger partial charge in [0.25, 0.3) is 0 Å². The Labute approximate surface area is 133 Å². The Balaban J connectivity index is 1.99. The van der Waals surface area contributed by atoms with Crippen LogP contribution in [0.1, 0.15) is 20.1 Å². The van der Waals surface area contributed by atoms with E-state index < -0.39 is 35.4 Å². The largest absolute Gasteiger partial charge is 0.381 e. The van der Waals surface area contributed by atoms with Gasteiger partial charge in [-0.3, -0.25) is 4.57 Å². The van der Waals surface area contributed by atoms with Crippen LogP contribution in [0.5, 0.6) is 0 Å². The zero-order valence-electron chi connectivity index (χ0n) is 11.5. The van der Waals surface area contributed by atoms with Gasteiger partial charge in [0.05, 0.1) is 12.3 Å².